The summed E-state index contributed by atoms with van der Waals surface area (Å²) in [5.74, 6) is -2.48. The minimum Gasteiger partial charge on any atom is -0.661 e. The molecule has 0 aliphatic heterocycles. The molecule has 12 heavy (non-hydrogen) atoms. The molecule has 0 saturated heterocycles. The first-order valence-electron chi connectivity index (χ1n) is 2.48. The fourth-order valence-corrected chi connectivity index (χ4v) is 0.325. The normalized spacial score (nSPS) is 9.75. The molecule has 0 heterocycles. The van der Waals surface area contributed by atoms with Gasteiger partial charge in [-0.3, -0.25) is 0 Å². The van der Waals surface area contributed by atoms with E-state index in [1.165, 1.54) is 0 Å². The Balaban J connectivity index is 0. The largest absolute Gasteiger partial charge is 2.00 e. The molecule has 0 N–H and O–H groups in total. The van der Waals surface area contributed by atoms with Crippen LogP contribution in [0.5, 0.6) is 0 Å². The molecule has 0 radical (unpaired) electrons. The predicted molar refractivity (Wildman–Crippen MR) is 31.7 cm³/mol. The van der Waals surface area contributed by atoms with Crippen molar-refractivity contribution in [2.24, 2.45) is 0 Å². The van der Waals surface area contributed by atoms with E-state index in [0.29, 0.717) is 6.08 Å². The van der Waals surface area contributed by atoms with Crippen molar-refractivity contribution >= 4 is 35.0 Å². The maximum atomic E-state index is 10.3. The minimum atomic E-state index is -1.26. The van der Waals surface area contributed by atoms with Crippen LogP contribution >= 0.6 is 0 Å². The van der Waals surface area contributed by atoms with Gasteiger partial charge in [0.25, 0.3) is 0 Å². The standard InChI is InChI=1S/C5H6O6.Mg/c1-3(5(7)11-9)2-4(6)10-8;/h2,8-9H,1H3;/q;+2/p-2/b3-2-;. The van der Waals surface area contributed by atoms with Crippen molar-refractivity contribution in [3.05, 3.63) is 11.6 Å². The Morgan fingerprint density at radius 1 is 1.25 bits per heavy atom. The van der Waals surface area contributed by atoms with E-state index in [2.05, 4.69) is 9.78 Å². The molecule has 0 aromatic rings. The molecule has 7 heteroatoms. The Kier molecular flexibility index (Phi) is 8.17. The zero-order valence-electron chi connectivity index (χ0n) is 6.23. The van der Waals surface area contributed by atoms with Gasteiger partial charge in [0.2, 0.25) is 0 Å². The van der Waals surface area contributed by atoms with Crippen molar-refractivity contribution in [1.29, 1.82) is 0 Å². The predicted octanol–water partition coefficient (Wildman–Crippen LogP) is -2.81. The zero-order valence-corrected chi connectivity index (χ0v) is 7.65. The summed E-state index contributed by atoms with van der Waals surface area (Å²) in [6.07, 6.45) is 0.563. The van der Waals surface area contributed by atoms with Crippen LogP contribution in [0, 0.1) is 0 Å². The van der Waals surface area contributed by atoms with Gasteiger partial charge in [-0.25, -0.2) is 9.59 Å². The van der Waals surface area contributed by atoms with Gasteiger partial charge in [0.15, 0.2) is 0 Å². The van der Waals surface area contributed by atoms with Crippen LogP contribution in [0.15, 0.2) is 11.6 Å². The van der Waals surface area contributed by atoms with E-state index >= 15 is 0 Å². The Morgan fingerprint density at radius 2 is 1.75 bits per heavy atom. The summed E-state index contributed by atoms with van der Waals surface area (Å²) in [7, 11) is 0. The first-order chi connectivity index (χ1) is 5.11. The van der Waals surface area contributed by atoms with Gasteiger partial charge in [0.05, 0.1) is 0 Å². The first-order valence-corrected chi connectivity index (χ1v) is 2.48. The summed E-state index contributed by atoms with van der Waals surface area (Å²) >= 11 is 0. The van der Waals surface area contributed by atoms with Crippen LogP contribution in [-0.4, -0.2) is 35.0 Å². The molecule has 0 aromatic heterocycles. The number of rotatable bonds is 2. The maximum Gasteiger partial charge on any atom is 2.00 e. The van der Waals surface area contributed by atoms with E-state index in [1.54, 1.807) is 0 Å². The number of carbonyl (C=O) groups is 2. The second kappa shape index (κ2) is 7.04. The second-order valence-corrected chi connectivity index (χ2v) is 1.60. The third kappa shape index (κ3) is 5.07. The van der Waals surface area contributed by atoms with Crippen LogP contribution in [0.4, 0.5) is 0 Å². The van der Waals surface area contributed by atoms with Crippen molar-refractivity contribution in [2.45, 2.75) is 6.92 Å². The smallest absolute Gasteiger partial charge is 0.661 e. The molecule has 0 aliphatic carbocycles. The quantitative estimate of drug-likeness (QED) is 0.199. The molecule has 0 aromatic carbocycles. The van der Waals surface area contributed by atoms with E-state index in [0.717, 1.165) is 6.92 Å². The van der Waals surface area contributed by atoms with E-state index < -0.39 is 11.9 Å². The molecule has 0 unspecified atom stereocenters. The van der Waals surface area contributed by atoms with Crippen LogP contribution in [0.2, 0.25) is 0 Å². The van der Waals surface area contributed by atoms with Crippen molar-refractivity contribution in [3.63, 3.8) is 0 Å². The van der Waals surface area contributed by atoms with Crippen molar-refractivity contribution in [2.75, 3.05) is 0 Å². The molecule has 6 nitrogen and oxygen atoms in total. The fraction of sp³-hybridized carbons (Fsp3) is 0.200. The van der Waals surface area contributed by atoms with Crippen molar-refractivity contribution in [3.8, 4) is 0 Å². The van der Waals surface area contributed by atoms with E-state index in [1.807, 2.05) is 0 Å². The molecule has 0 atom stereocenters. The summed E-state index contributed by atoms with van der Waals surface area (Å²) in [6.45, 7) is 1.14. The zero-order chi connectivity index (χ0) is 8.85. The Hall–Kier alpha value is -0.634. The van der Waals surface area contributed by atoms with Crippen LogP contribution in [0.25, 0.3) is 0 Å². The molecular weight excluding hydrogens is 180 g/mol. The topological polar surface area (TPSA) is 98.7 Å². The number of hydrogen-bond donors (Lipinski definition) is 0. The molecular formula is C5H4MgO6. The Labute approximate surface area is 83.8 Å². The summed E-state index contributed by atoms with van der Waals surface area (Å²) < 4.78 is 0. The average molecular weight is 184 g/mol. The molecule has 0 aliphatic rings. The molecule has 0 spiro atoms. The molecule has 0 bridgehead atoms. The average Bonchev–Trinajstić information content (AvgIpc) is 2.02. The van der Waals surface area contributed by atoms with Gasteiger partial charge in [0, 0.05) is 11.6 Å². The van der Waals surface area contributed by atoms with Crippen LogP contribution in [0.1, 0.15) is 6.92 Å². The van der Waals surface area contributed by atoms with Crippen LogP contribution < -0.4 is 10.5 Å². The first kappa shape index (κ1) is 13.9. The molecule has 0 amide bonds. The Bertz CT molecular complexity index is 198. The summed E-state index contributed by atoms with van der Waals surface area (Å²) in [5.41, 5.74) is -0.291. The second-order valence-electron chi connectivity index (χ2n) is 1.60. The van der Waals surface area contributed by atoms with Gasteiger partial charge in [-0.15, -0.1) is 0 Å². The molecule has 0 saturated carbocycles. The van der Waals surface area contributed by atoms with Gasteiger partial charge >= 0.3 is 35.0 Å². The van der Waals surface area contributed by atoms with E-state index in [-0.39, 0.29) is 28.6 Å². The molecule has 0 rings (SSSR count). The molecule has 62 valence electrons. The van der Waals surface area contributed by atoms with Gasteiger partial charge in [-0.05, 0) is 6.92 Å². The van der Waals surface area contributed by atoms with Crippen LogP contribution in [-0.2, 0) is 19.4 Å². The monoisotopic (exact) mass is 184 g/mol. The SMILES string of the molecule is C/C(=C/C(=O)O[O-])C(=O)O[O-].[Mg+2]. The van der Waals surface area contributed by atoms with Crippen molar-refractivity contribution in [1.82, 2.24) is 0 Å². The van der Waals surface area contributed by atoms with Crippen molar-refractivity contribution < 1.29 is 29.9 Å². The van der Waals surface area contributed by atoms with Gasteiger partial charge in [-0.1, -0.05) is 0 Å². The van der Waals surface area contributed by atoms with E-state index in [4.69, 9.17) is 0 Å². The van der Waals surface area contributed by atoms with Gasteiger partial charge in [-0.2, -0.15) is 0 Å². The number of carbonyl (C=O) groups excluding carboxylic acids is 2. The van der Waals surface area contributed by atoms with Crippen LogP contribution in [0.3, 0.4) is 0 Å². The van der Waals surface area contributed by atoms with E-state index in [9.17, 15) is 20.1 Å². The Morgan fingerprint density at radius 3 is 2.08 bits per heavy atom. The summed E-state index contributed by atoms with van der Waals surface area (Å²) in [5, 5.41) is 18.8. The fourth-order valence-electron chi connectivity index (χ4n) is 0.325. The summed E-state index contributed by atoms with van der Waals surface area (Å²) in [4.78, 5) is 26.3. The maximum absolute atomic E-state index is 10.3. The minimum absolute atomic E-state index is 0. The van der Waals surface area contributed by atoms with Gasteiger partial charge in [0.1, 0.15) is 0 Å². The third-order valence-electron chi connectivity index (χ3n) is 0.814. The van der Waals surface area contributed by atoms with Gasteiger partial charge < -0.3 is 20.3 Å². The third-order valence-corrected chi connectivity index (χ3v) is 0.814. The molecule has 0 fully saturated rings. The summed E-state index contributed by atoms with van der Waals surface area (Å²) in [6, 6.07) is 0. The number of hydrogen-bond acceptors (Lipinski definition) is 6.